The molecule has 0 aromatic heterocycles. The molecule has 1 saturated heterocycles. The molecule has 2 atom stereocenters. The van der Waals surface area contributed by atoms with Gasteiger partial charge in [-0.3, -0.25) is 4.90 Å². The van der Waals surface area contributed by atoms with E-state index in [-0.39, 0.29) is 17.6 Å². The molecule has 3 rings (SSSR count). The van der Waals surface area contributed by atoms with E-state index >= 15 is 0 Å². The second-order valence-electron chi connectivity index (χ2n) is 8.40. The fourth-order valence-corrected chi connectivity index (χ4v) is 4.59. The van der Waals surface area contributed by atoms with Gasteiger partial charge in [-0.05, 0) is 51.0 Å². The van der Waals surface area contributed by atoms with Crippen LogP contribution in [-0.4, -0.2) is 61.8 Å². The van der Waals surface area contributed by atoms with E-state index in [1.54, 1.807) is 7.11 Å². The van der Waals surface area contributed by atoms with Crippen LogP contribution in [0.1, 0.15) is 38.0 Å². The van der Waals surface area contributed by atoms with E-state index in [0.717, 1.165) is 28.8 Å². The SMILES string of the molecule is COc1cc2c(cc1Br)CCOC2CN1CCN(C(=O)[O-])C(C(C)(C)C)C1. The van der Waals surface area contributed by atoms with Gasteiger partial charge in [-0.2, -0.15) is 0 Å². The van der Waals surface area contributed by atoms with E-state index in [1.165, 1.54) is 10.5 Å². The minimum absolute atomic E-state index is 0.0362. The summed E-state index contributed by atoms with van der Waals surface area (Å²) in [4.78, 5) is 15.3. The number of rotatable bonds is 3. The first-order valence-electron chi connectivity index (χ1n) is 9.38. The monoisotopic (exact) mass is 439 g/mol. The minimum Gasteiger partial charge on any atom is -0.530 e. The van der Waals surface area contributed by atoms with Crippen molar-refractivity contribution in [3.8, 4) is 5.75 Å². The van der Waals surface area contributed by atoms with Gasteiger partial charge in [0.1, 0.15) is 11.8 Å². The highest BCUT2D eigenvalue weighted by molar-refractivity contribution is 9.10. The van der Waals surface area contributed by atoms with Crippen LogP contribution in [0.4, 0.5) is 4.79 Å². The van der Waals surface area contributed by atoms with E-state index < -0.39 is 6.09 Å². The number of methoxy groups -OCH3 is 1. The summed E-state index contributed by atoms with van der Waals surface area (Å²) in [5, 5.41) is 11.5. The van der Waals surface area contributed by atoms with Gasteiger partial charge in [-0.25, -0.2) is 0 Å². The van der Waals surface area contributed by atoms with Gasteiger partial charge in [0.05, 0.1) is 24.3 Å². The molecule has 0 N–H and O–H groups in total. The summed E-state index contributed by atoms with van der Waals surface area (Å²) in [7, 11) is 1.66. The van der Waals surface area contributed by atoms with Crippen LogP contribution in [0.3, 0.4) is 0 Å². The molecule has 2 unspecified atom stereocenters. The number of hydrogen-bond acceptors (Lipinski definition) is 5. The summed E-state index contributed by atoms with van der Waals surface area (Å²) < 4.78 is 12.5. The van der Waals surface area contributed by atoms with Gasteiger partial charge in [-0.1, -0.05) is 20.8 Å². The van der Waals surface area contributed by atoms with Crippen LogP contribution in [0.15, 0.2) is 16.6 Å². The number of ether oxygens (including phenoxy) is 2. The third-order valence-electron chi connectivity index (χ3n) is 5.57. The van der Waals surface area contributed by atoms with E-state index in [2.05, 4.69) is 53.7 Å². The smallest absolute Gasteiger partial charge is 0.137 e. The van der Waals surface area contributed by atoms with Gasteiger partial charge in [0.15, 0.2) is 0 Å². The molecule has 1 fully saturated rings. The molecule has 1 amide bonds. The molecule has 2 aliphatic heterocycles. The van der Waals surface area contributed by atoms with Crippen LogP contribution >= 0.6 is 15.9 Å². The molecule has 27 heavy (non-hydrogen) atoms. The largest absolute Gasteiger partial charge is 0.530 e. The summed E-state index contributed by atoms with van der Waals surface area (Å²) in [6, 6.07) is 4.08. The maximum absolute atomic E-state index is 11.5. The van der Waals surface area contributed by atoms with E-state index in [4.69, 9.17) is 9.47 Å². The van der Waals surface area contributed by atoms with Gasteiger partial charge >= 0.3 is 0 Å². The summed E-state index contributed by atoms with van der Waals surface area (Å²) in [6.45, 7) is 9.49. The number of hydrogen-bond donors (Lipinski definition) is 0. The highest BCUT2D eigenvalue weighted by Crippen LogP contribution is 2.36. The average molecular weight is 440 g/mol. The van der Waals surface area contributed by atoms with Crippen LogP contribution in [0.5, 0.6) is 5.75 Å². The Kier molecular flexibility index (Phi) is 6.03. The van der Waals surface area contributed by atoms with Crippen LogP contribution in [0.25, 0.3) is 0 Å². The van der Waals surface area contributed by atoms with E-state index in [9.17, 15) is 9.90 Å². The molecule has 7 heteroatoms. The van der Waals surface area contributed by atoms with Gasteiger partial charge in [0.25, 0.3) is 0 Å². The standard InChI is InChI=1S/C20H29BrN2O4/c1-20(2,3)18-12-22(6-7-23(18)19(24)25)11-17-14-10-16(26-4)15(21)9-13(14)5-8-27-17/h9-10,17-18H,5-8,11-12H2,1-4H3,(H,24,25)/p-1. The van der Waals surface area contributed by atoms with E-state index in [0.29, 0.717) is 26.2 Å². The molecule has 6 nitrogen and oxygen atoms in total. The molecular weight excluding hydrogens is 412 g/mol. The van der Waals surface area contributed by atoms with Crippen molar-refractivity contribution in [1.29, 1.82) is 0 Å². The molecule has 0 aliphatic carbocycles. The molecule has 1 aromatic rings. The lowest BCUT2D eigenvalue weighted by Gasteiger charge is -2.49. The molecule has 2 heterocycles. The van der Waals surface area contributed by atoms with Crippen LogP contribution < -0.4 is 9.84 Å². The maximum atomic E-state index is 11.5. The number of fused-ring (bicyclic) bond motifs is 1. The second-order valence-corrected chi connectivity index (χ2v) is 9.25. The van der Waals surface area contributed by atoms with Crippen molar-refractivity contribution >= 4 is 22.0 Å². The Balaban J connectivity index is 1.78. The predicted molar refractivity (Wildman–Crippen MR) is 105 cm³/mol. The number of carboxylic acid groups (broad SMARTS) is 1. The fourth-order valence-electron chi connectivity index (χ4n) is 4.03. The first kappa shape index (κ1) is 20.4. The summed E-state index contributed by atoms with van der Waals surface area (Å²) in [5.41, 5.74) is 2.29. The Bertz CT molecular complexity index is 704. The molecule has 150 valence electrons. The van der Waals surface area contributed by atoms with Crippen molar-refractivity contribution in [3.05, 3.63) is 27.7 Å². The third kappa shape index (κ3) is 4.41. The second kappa shape index (κ2) is 7.97. The Labute approximate surface area is 169 Å². The molecule has 2 aliphatic rings. The zero-order valence-electron chi connectivity index (χ0n) is 16.5. The quantitative estimate of drug-likeness (QED) is 0.723. The van der Waals surface area contributed by atoms with Crippen molar-refractivity contribution in [1.82, 2.24) is 9.80 Å². The van der Waals surface area contributed by atoms with E-state index in [1.807, 2.05) is 0 Å². The minimum atomic E-state index is -1.08. The van der Waals surface area contributed by atoms with Gasteiger partial charge in [-0.15, -0.1) is 0 Å². The van der Waals surface area contributed by atoms with Crippen LogP contribution in [0, 0.1) is 5.41 Å². The first-order chi connectivity index (χ1) is 12.7. The lowest BCUT2D eigenvalue weighted by molar-refractivity contribution is -0.272. The summed E-state index contributed by atoms with van der Waals surface area (Å²) >= 11 is 3.56. The number of halogens is 1. The third-order valence-corrected chi connectivity index (χ3v) is 6.19. The highest BCUT2D eigenvalue weighted by atomic mass is 79.9. The Morgan fingerprint density at radius 2 is 2.11 bits per heavy atom. The number of amides is 1. The fraction of sp³-hybridized carbons (Fsp3) is 0.650. The molecular formula is C20H28BrN2O4-. The number of piperazine rings is 1. The molecule has 0 spiro atoms. The molecule has 0 saturated carbocycles. The van der Waals surface area contributed by atoms with Crippen molar-refractivity contribution in [2.75, 3.05) is 39.9 Å². The van der Waals surface area contributed by atoms with Crippen molar-refractivity contribution in [2.24, 2.45) is 5.41 Å². The van der Waals surface area contributed by atoms with Crippen molar-refractivity contribution < 1.29 is 19.4 Å². The lowest BCUT2D eigenvalue weighted by atomic mass is 9.84. The molecule has 1 aromatic carbocycles. The van der Waals surface area contributed by atoms with Gasteiger partial charge in [0, 0.05) is 32.2 Å². The zero-order valence-corrected chi connectivity index (χ0v) is 18.0. The normalized spacial score (nSPS) is 23.8. The average Bonchev–Trinajstić information content (AvgIpc) is 2.60. The Morgan fingerprint density at radius 1 is 1.37 bits per heavy atom. The summed E-state index contributed by atoms with van der Waals surface area (Å²) in [6.07, 6.45) is -0.230. The lowest BCUT2D eigenvalue weighted by Crippen LogP contribution is -2.62. The number of carbonyl (C=O) groups is 1. The van der Waals surface area contributed by atoms with Crippen molar-refractivity contribution in [2.45, 2.75) is 39.3 Å². The number of nitrogens with zero attached hydrogens (tertiary/aromatic N) is 2. The predicted octanol–water partition coefficient (Wildman–Crippen LogP) is 2.45. The topological polar surface area (TPSA) is 65.1 Å². The van der Waals surface area contributed by atoms with Crippen molar-refractivity contribution in [3.63, 3.8) is 0 Å². The van der Waals surface area contributed by atoms with Crippen LogP contribution in [-0.2, 0) is 11.2 Å². The molecule has 0 bridgehead atoms. The first-order valence-corrected chi connectivity index (χ1v) is 10.2. The zero-order chi connectivity index (χ0) is 19.8. The Morgan fingerprint density at radius 3 is 2.74 bits per heavy atom. The number of benzene rings is 1. The van der Waals surface area contributed by atoms with Gasteiger partial charge < -0.3 is 24.3 Å². The maximum Gasteiger partial charge on any atom is 0.137 e. The van der Waals surface area contributed by atoms with Gasteiger partial charge in [0.2, 0.25) is 0 Å². The Hall–Kier alpha value is -1.31. The summed E-state index contributed by atoms with van der Waals surface area (Å²) in [5.74, 6) is 0.804. The number of carbonyl (C=O) groups excluding carboxylic acids is 1. The van der Waals surface area contributed by atoms with Crippen LogP contribution in [0.2, 0.25) is 0 Å². The molecule has 0 radical (unpaired) electrons. The highest BCUT2D eigenvalue weighted by Gasteiger charge is 2.36.